The molecule has 0 aromatic heterocycles. The van der Waals surface area contributed by atoms with Crippen molar-refractivity contribution in [2.24, 2.45) is 0 Å². The zero-order valence-electron chi connectivity index (χ0n) is 9.47. The molecule has 0 fully saturated rings. The Bertz CT molecular complexity index is 292. The molecule has 15 heavy (non-hydrogen) atoms. The molecule has 0 spiro atoms. The third-order valence-corrected chi connectivity index (χ3v) is 3.64. The molecule has 0 radical (unpaired) electrons. The topological polar surface area (TPSA) is 55.8 Å². The third kappa shape index (κ3) is 4.11. The summed E-state index contributed by atoms with van der Waals surface area (Å²) in [5.74, 6) is 0.399. The van der Waals surface area contributed by atoms with Crippen molar-refractivity contribution in [1.29, 1.82) is 0 Å². The van der Waals surface area contributed by atoms with E-state index in [-0.39, 0.29) is 6.10 Å². The molecule has 3 atom stereocenters. The average molecular weight is 232 g/mol. The Kier molecular flexibility index (Phi) is 4.59. The van der Waals surface area contributed by atoms with Gasteiger partial charge >= 0.3 is 7.82 Å². The van der Waals surface area contributed by atoms with Crippen LogP contribution in [0, 0.1) is 0 Å². The van der Waals surface area contributed by atoms with E-state index in [1.54, 1.807) is 0 Å². The van der Waals surface area contributed by atoms with Crippen molar-refractivity contribution in [3.63, 3.8) is 0 Å². The zero-order chi connectivity index (χ0) is 11.5. The van der Waals surface area contributed by atoms with Crippen LogP contribution in [0.3, 0.4) is 0 Å². The summed E-state index contributed by atoms with van der Waals surface area (Å²) in [5, 5.41) is 0. The molecule has 1 N–H and O–H groups in total. The number of rotatable bonds is 4. The highest BCUT2D eigenvalue weighted by Gasteiger charge is 2.28. The van der Waals surface area contributed by atoms with E-state index >= 15 is 0 Å². The molecule has 0 saturated carbocycles. The average Bonchev–Trinajstić information content (AvgIpc) is 2.16. The Morgan fingerprint density at radius 1 is 1.73 bits per heavy atom. The highest BCUT2D eigenvalue weighted by Crippen LogP contribution is 2.46. The molecule has 1 rings (SSSR count). The molecular formula is C9H18BO4P. The van der Waals surface area contributed by atoms with Crippen molar-refractivity contribution in [3.8, 4) is 0 Å². The minimum absolute atomic E-state index is 0.198. The van der Waals surface area contributed by atoms with Crippen molar-refractivity contribution < 1.29 is 18.5 Å². The lowest BCUT2D eigenvalue weighted by Gasteiger charge is -2.27. The lowest BCUT2D eigenvalue weighted by molar-refractivity contribution is 0.110. The van der Waals surface area contributed by atoms with E-state index in [1.165, 1.54) is 12.7 Å². The standard InChI is InChI=1S/C9H18BO4P/c1-3-7-4-8(10)6-9(5-7)14-15(11,12)13-2/h4,8-9H,3,5-6,10H2,1-2H3,(H,11,12)/t8-,9?/m1/s1. The zero-order valence-corrected chi connectivity index (χ0v) is 10.4. The normalized spacial score (nSPS) is 30.7. The molecule has 0 heterocycles. The van der Waals surface area contributed by atoms with E-state index in [1.807, 2.05) is 0 Å². The van der Waals surface area contributed by atoms with Crippen molar-refractivity contribution in [2.45, 2.75) is 38.1 Å². The number of phosphoric ester groups is 1. The molecule has 0 saturated heterocycles. The maximum absolute atomic E-state index is 11.2. The van der Waals surface area contributed by atoms with Crippen LogP contribution in [0.25, 0.3) is 0 Å². The monoisotopic (exact) mass is 232 g/mol. The van der Waals surface area contributed by atoms with Gasteiger partial charge in [-0.2, -0.15) is 0 Å². The highest BCUT2D eigenvalue weighted by molar-refractivity contribution is 7.47. The molecule has 0 aromatic rings. The molecule has 2 unspecified atom stereocenters. The van der Waals surface area contributed by atoms with E-state index in [2.05, 4.69) is 25.4 Å². The second-order valence-corrected chi connectivity index (χ2v) is 5.49. The van der Waals surface area contributed by atoms with Crippen LogP contribution in [0.1, 0.15) is 26.2 Å². The molecule has 86 valence electrons. The van der Waals surface area contributed by atoms with E-state index in [4.69, 9.17) is 4.52 Å². The van der Waals surface area contributed by atoms with Gasteiger partial charge in [-0.3, -0.25) is 9.05 Å². The Morgan fingerprint density at radius 3 is 2.93 bits per heavy atom. The second kappa shape index (κ2) is 5.31. The Balaban J connectivity index is 2.59. The molecule has 4 nitrogen and oxygen atoms in total. The van der Waals surface area contributed by atoms with Gasteiger partial charge in [0.05, 0.1) is 6.10 Å². The van der Waals surface area contributed by atoms with Gasteiger partial charge in [0, 0.05) is 7.11 Å². The number of allylic oxidation sites excluding steroid dienone is 1. The fourth-order valence-corrected chi connectivity index (χ4v) is 2.53. The van der Waals surface area contributed by atoms with Gasteiger partial charge in [-0.1, -0.05) is 18.6 Å². The van der Waals surface area contributed by atoms with E-state index < -0.39 is 7.82 Å². The SMILES string of the molecule is B[C@@H]1C=C(CC)CC(OP(=O)(O)OC)C1. The second-order valence-electron chi connectivity index (χ2n) is 3.97. The molecule has 0 bridgehead atoms. The van der Waals surface area contributed by atoms with Crippen LogP contribution in [0.15, 0.2) is 11.6 Å². The van der Waals surface area contributed by atoms with Crippen LogP contribution in [0.5, 0.6) is 0 Å². The Hall–Kier alpha value is -0.0851. The number of phosphoric acid groups is 1. The van der Waals surface area contributed by atoms with Gasteiger partial charge < -0.3 is 4.89 Å². The summed E-state index contributed by atoms with van der Waals surface area (Å²) in [6, 6.07) is 0. The fourth-order valence-electron chi connectivity index (χ4n) is 1.90. The minimum atomic E-state index is -3.83. The summed E-state index contributed by atoms with van der Waals surface area (Å²) in [6.45, 7) is 2.08. The van der Waals surface area contributed by atoms with Crippen LogP contribution in [-0.2, 0) is 13.6 Å². The molecule has 0 amide bonds. The summed E-state index contributed by atoms with van der Waals surface area (Å²) in [5.41, 5.74) is 1.29. The smallest absolute Gasteiger partial charge is 0.302 e. The highest BCUT2D eigenvalue weighted by atomic mass is 31.2. The maximum atomic E-state index is 11.2. The molecule has 1 aliphatic carbocycles. The first kappa shape index (κ1) is 13.0. The Labute approximate surface area is 91.7 Å². The molecule has 0 aromatic carbocycles. The Morgan fingerprint density at radius 2 is 2.40 bits per heavy atom. The largest absolute Gasteiger partial charge is 0.472 e. The van der Waals surface area contributed by atoms with Crippen molar-refractivity contribution >= 4 is 15.7 Å². The molecule has 6 heteroatoms. The van der Waals surface area contributed by atoms with Gasteiger partial charge in [0.1, 0.15) is 7.85 Å². The van der Waals surface area contributed by atoms with Crippen LogP contribution in [0.2, 0.25) is 5.82 Å². The predicted molar refractivity (Wildman–Crippen MR) is 61.6 cm³/mol. The summed E-state index contributed by atoms with van der Waals surface area (Å²) >= 11 is 0. The lowest BCUT2D eigenvalue weighted by Crippen LogP contribution is -2.19. The van der Waals surface area contributed by atoms with E-state index in [9.17, 15) is 9.46 Å². The van der Waals surface area contributed by atoms with Gasteiger partial charge in [-0.15, -0.1) is 0 Å². The number of hydrogen-bond donors (Lipinski definition) is 1. The first-order valence-electron chi connectivity index (χ1n) is 5.23. The van der Waals surface area contributed by atoms with Crippen LogP contribution in [0.4, 0.5) is 0 Å². The summed E-state index contributed by atoms with van der Waals surface area (Å²) in [6.07, 6.45) is 4.49. The summed E-state index contributed by atoms with van der Waals surface area (Å²) in [7, 11) is -0.565. The third-order valence-electron chi connectivity index (χ3n) is 2.61. The van der Waals surface area contributed by atoms with E-state index in [0.29, 0.717) is 5.82 Å². The van der Waals surface area contributed by atoms with Crippen LogP contribution >= 0.6 is 7.82 Å². The fraction of sp³-hybridized carbons (Fsp3) is 0.778. The van der Waals surface area contributed by atoms with Gasteiger partial charge in [0.25, 0.3) is 0 Å². The van der Waals surface area contributed by atoms with Crippen LogP contribution in [-0.4, -0.2) is 26.0 Å². The quantitative estimate of drug-likeness (QED) is 0.455. The maximum Gasteiger partial charge on any atom is 0.472 e. The van der Waals surface area contributed by atoms with Crippen molar-refractivity contribution in [1.82, 2.24) is 0 Å². The van der Waals surface area contributed by atoms with Crippen LogP contribution < -0.4 is 0 Å². The van der Waals surface area contributed by atoms with Crippen molar-refractivity contribution in [3.05, 3.63) is 11.6 Å². The molecule has 0 aliphatic heterocycles. The first-order chi connectivity index (χ1) is 6.96. The predicted octanol–water partition coefficient (Wildman–Crippen LogP) is 1.67. The van der Waals surface area contributed by atoms with Gasteiger partial charge in [0.15, 0.2) is 0 Å². The molecular weight excluding hydrogens is 214 g/mol. The van der Waals surface area contributed by atoms with Crippen molar-refractivity contribution in [2.75, 3.05) is 7.11 Å². The van der Waals surface area contributed by atoms with E-state index in [0.717, 1.165) is 19.3 Å². The molecule has 1 aliphatic rings. The minimum Gasteiger partial charge on any atom is -0.302 e. The van der Waals surface area contributed by atoms with Gasteiger partial charge in [-0.25, -0.2) is 4.57 Å². The summed E-state index contributed by atoms with van der Waals surface area (Å²) < 4.78 is 20.7. The van der Waals surface area contributed by atoms with Gasteiger partial charge in [0.2, 0.25) is 0 Å². The summed E-state index contributed by atoms with van der Waals surface area (Å²) in [4.78, 5) is 9.21. The first-order valence-corrected chi connectivity index (χ1v) is 6.73. The number of hydrogen-bond acceptors (Lipinski definition) is 3. The van der Waals surface area contributed by atoms with Gasteiger partial charge in [-0.05, 0) is 25.1 Å². The lowest BCUT2D eigenvalue weighted by atomic mass is 9.76.